The monoisotopic (exact) mass is 305 g/mol. The van der Waals surface area contributed by atoms with E-state index < -0.39 is 5.97 Å². The first-order valence-corrected chi connectivity index (χ1v) is 8.59. The number of carbonyl (C=O) groups excluding carboxylic acids is 1. The summed E-state index contributed by atoms with van der Waals surface area (Å²) in [7, 11) is 0. The van der Waals surface area contributed by atoms with Gasteiger partial charge in [-0.3, -0.25) is 9.59 Å². The van der Waals surface area contributed by atoms with Crippen molar-refractivity contribution < 1.29 is 14.7 Å². The topological polar surface area (TPSA) is 57.6 Å². The smallest absolute Gasteiger partial charge is 0.308 e. The van der Waals surface area contributed by atoms with E-state index >= 15 is 0 Å². The van der Waals surface area contributed by atoms with Gasteiger partial charge in [0.05, 0.1) is 10.8 Å². The first-order chi connectivity index (χ1) is 10.1. The number of hydrogen-bond donors (Lipinski definition) is 1. The van der Waals surface area contributed by atoms with E-state index in [4.69, 9.17) is 0 Å². The van der Waals surface area contributed by atoms with Crippen molar-refractivity contribution in [1.29, 1.82) is 0 Å². The molecule has 4 rings (SSSR count). The minimum absolute atomic E-state index is 0.0452. The standard InChI is InChI=1S/C16H19NO3S/c18-15(14-6-10-2-1-3-13(10)21-14)17-7-11(9-4-5-9)12(8-17)16(19)20/h6,9,11-12H,1-5,7-8H2,(H,19,20)/t11-,12+/m1/s1. The van der Waals surface area contributed by atoms with Crippen molar-refractivity contribution in [2.45, 2.75) is 32.1 Å². The van der Waals surface area contributed by atoms with Crippen LogP contribution in [0.15, 0.2) is 6.07 Å². The van der Waals surface area contributed by atoms with Crippen LogP contribution in [-0.2, 0) is 17.6 Å². The molecule has 1 N–H and O–H groups in total. The quantitative estimate of drug-likeness (QED) is 0.933. The predicted octanol–water partition coefficient (Wildman–Crippen LogP) is 2.42. The van der Waals surface area contributed by atoms with Gasteiger partial charge >= 0.3 is 5.97 Å². The van der Waals surface area contributed by atoms with Crippen molar-refractivity contribution in [3.8, 4) is 0 Å². The third kappa shape index (κ3) is 2.27. The molecule has 0 spiro atoms. The van der Waals surface area contributed by atoms with E-state index in [0.29, 0.717) is 19.0 Å². The highest BCUT2D eigenvalue weighted by molar-refractivity contribution is 7.14. The Bertz CT molecular complexity index is 583. The summed E-state index contributed by atoms with van der Waals surface area (Å²) in [5.74, 6) is -0.372. The van der Waals surface area contributed by atoms with Gasteiger partial charge in [-0.1, -0.05) is 0 Å². The number of nitrogens with zero attached hydrogens (tertiary/aromatic N) is 1. The van der Waals surface area contributed by atoms with Gasteiger partial charge in [-0.2, -0.15) is 0 Å². The fourth-order valence-corrected chi connectivity index (χ4v) is 5.07. The number of thiophene rings is 1. The SMILES string of the molecule is O=C(O)[C@H]1CN(C(=O)c2cc3c(s2)CCC3)C[C@@H]1C1CC1. The molecule has 1 saturated heterocycles. The summed E-state index contributed by atoms with van der Waals surface area (Å²) in [6.07, 6.45) is 5.63. The summed E-state index contributed by atoms with van der Waals surface area (Å²) in [6.45, 7) is 1.01. The molecule has 0 unspecified atom stereocenters. The lowest BCUT2D eigenvalue weighted by Gasteiger charge is -2.15. The van der Waals surface area contributed by atoms with Crippen molar-refractivity contribution in [1.82, 2.24) is 4.90 Å². The van der Waals surface area contributed by atoms with Crippen LogP contribution in [0.2, 0.25) is 0 Å². The van der Waals surface area contributed by atoms with E-state index in [0.717, 1.165) is 30.6 Å². The van der Waals surface area contributed by atoms with Crippen LogP contribution in [0.3, 0.4) is 0 Å². The van der Waals surface area contributed by atoms with Crippen LogP contribution in [0, 0.1) is 17.8 Å². The number of carboxylic acids is 1. The first kappa shape index (κ1) is 13.3. The molecule has 2 atom stereocenters. The molecule has 1 aromatic rings. The lowest BCUT2D eigenvalue weighted by molar-refractivity contribution is -0.142. The van der Waals surface area contributed by atoms with E-state index in [1.54, 1.807) is 16.2 Å². The average molecular weight is 305 g/mol. The molecule has 21 heavy (non-hydrogen) atoms. The molecular formula is C16H19NO3S. The highest BCUT2D eigenvalue weighted by Crippen LogP contribution is 2.44. The second-order valence-corrected chi connectivity index (χ2v) is 7.71. The van der Waals surface area contributed by atoms with Crippen LogP contribution in [0.4, 0.5) is 0 Å². The third-order valence-corrected chi connectivity index (χ3v) is 6.38. The molecule has 3 aliphatic rings. The summed E-state index contributed by atoms with van der Waals surface area (Å²) in [5.41, 5.74) is 1.33. The normalized spacial score (nSPS) is 27.9. The van der Waals surface area contributed by atoms with Crippen LogP contribution in [0.25, 0.3) is 0 Å². The van der Waals surface area contributed by atoms with Crippen molar-refractivity contribution in [3.05, 3.63) is 21.4 Å². The Morgan fingerprint density at radius 3 is 2.71 bits per heavy atom. The van der Waals surface area contributed by atoms with Crippen LogP contribution < -0.4 is 0 Å². The fourth-order valence-electron chi connectivity index (χ4n) is 3.85. The van der Waals surface area contributed by atoms with Crippen LogP contribution in [0.1, 0.15) is 39.4 Å². The Balaban J connectivity index is 1.53. The Morgan fingerprint density at radius 2 is 2.05 bits per heavy atom. The largest absolute Gasteiger partial charge is 0.481 e. The van der Waals surface area contributed by atoms with Crippen molar-refractivity contribution in [3.63, 3.8) is 0 Å². The molecule has 1 aliphatic heterocycles. The molecule has 4 nitrogen and oxygen atoms in total. The maximum Gasteiger partial charge on any atom is 0.308 e. The van der Waals surface area contributed by atoms with Gasteiger partial charge in [0.15, 0.2) is 0 Å². The second kappa shape index (κ2) is 4.83. The molecule has 1 aromatic heterocycles. The molecule has 5 heteroatoms. The van der Waals surface area contributed by atoms with E-state index in [-0.39, 0.29) is 17.7 Å². The third-order valence-electron chi connectivity index (χ3n) is 5.15. The number of hydrogen-bond acceptors (Lipinski definition) is 3. The number of aryl methyl sites for hydroxylation is 2. The van der Waals surface area contributed by atoms with Crippen molar-refractivity contribution >= 4 is 23.2 Å². The first-order valence-electron chi connectivity index (χ1n) is 7.77. The lowest BCUT2D eigenvalue weighted by atomic mass is 9.92. The van der Waals surface area contributed by atoms with E-state index in [1.165, 1.54) is 16.9 Å². The van der Waals surface area contributed by atoms with Crippen molar-refractivity contribution in [2.24, 2.45) is 17.8 Å². The van der Waals surface area contributed by atoms with Crippen LogP contribution >= 0.6 is 11.3 Å². The molecule has 0 bridgehead atoms. The van der Waals surface area contributed by atoms with Gasteiger partial charge in [0, 0.05) is 18.0 Å². The van der Waals surface area contributed by atoms with Crippen LogP contribution in [-0.4, -0.2) is 35.0 Å². The molecular weight excluding hydrogens is 286 g/mol. The summed E-state index contributed by atoms with van der Waals surface area (Å²) >= 11 is 1.61. The van der Waals surface area contributed by atoms with E-state index in [1.807, 2.05) is 6.07 Å². The number of aliphatic carboxylic acids is 1. The summed E-state index contributed by atoms with van der Waals surface area (Å²) in [6, 6.07) is 2.04. The molecule has 112 valence electrons. The maximum absolute atomic E-state index is 12.7. The number of likely N-dealkylation sites (tertiary alicyclic amines) is 1. The Morgan fingerprint density at radius 1 is 1.24 bits per heavy atom. The maximum atomic E-state index is 12.7. The molecule has 2 fully saturated rings. The number of fused-ring (bicyclic) bond motifs is 1. The van der Waals surface area contributed by atoms with Crippen molar-refractivity contribution in [2.75, 3.05) is 13.1 Å². The summed E-state index contributed by atoms with van der Waals surface area (Å²) < 4.78 is 0. The highest BCUT2D eigenvalue weighted by Gasteiger charge is 2.47. The van der Waals surface area contributed by atoms with Gasteiger partial charge in [-0.05, 0) is 55.6 Å². The second-order valence-electron chi connectivity index (χ2n) is 6.57. The number of amides is 1. The highest BCUT2D eigenvalue weighted by atomic mass is 32.1. The lowest BCUT2D eigenvalue weighted by Crippen LogP contribution is -2.29. The number of rotatable bonds is 3. The number of carbonyl (C=O) groups is 2. The predicted molar refractivity (Wildman–Crippen MR) is 79.6 cm³/mol. The van der Waals surface area contributed by atoms with Gasteiger partial charge in [-0.15, -0.1) is 11.3 Å². The number of carboxylic acid groups (broad SMARTS) is 1. The Kier molecular flexibility index (Phi) is 3.06. The zero-order chi connectivity index (χ0) is 14.6. The summed E-state index contributed by atoms with van der Waals surface area (Å²) in [4.78, 5) is 28.0. The molecule has 2 aliphatic carbocycles. The zero-order valence-corrected chi connectivity index (χ0v) is 12.7. The van der Waals surface area contributed by atoms with Gasteiger partial charge < -0.3 is 10.0 Å². The zero-order valence-electron chi connectivity index (χ0n) is 11.9. The molecule has 0 aromatic carbocycles. The van der Waals surface area contributed by atoms with Gasteiger partial charge in [-0.25, -0.2) is 0 Å². The fraction of sp³-hybridized carbons (Fsp3) is 0.625. The Hall–Kier alpha value is -1.36. The molecule has 1 saturated carbocycles. The van der Waals surface area contributed by atoms with E-state index in [2.05, 4.69) is 0 Å². The summed E-state index contributed by atoms with van der Waals surface area (Å²) in [5, 5.41) is 9.39. The van der Waals surface area contributed by atoms with E-state index in [9.17, 15) is 14.7 Å². The minimum Gasteiger partial charge on any atom is -0.481 e. The molecule has 1 amide bonds. The molecule has 0 radical (unpaired) electrons. The average Bonchev–Trinajstić information content (AvgIpc) is 2.88. The molecule has 2 heterocycles. The minimum atomic E-state index is -0.740. The van der Waals surface area contributed by atoms with Gasteiger partial charge in [0.2, 0.25) is 0 Å². The van der Waals surface area contributed by atoms with Gasteiger partial charge in [0.1, 0.15) is 0 Å². The Labute approximate surface area is 127 Å². The van der Waals surface area contributed by atoms with Crippen LogP contribution in [0.5, 0.6) is 0 Å². The van der Waals surface area contributed by atoms with Gasteiger partial charge in [0.25, 0.3) is 5.91 Å².